The number of aromatic amines is 1. The Morgan fingerprint density at radius 3 is 2.73 bits per heavy atom. The number of H-pyrrole nitrogens is 1. The molecule has 0 amide bonds. The van der Waals surface area contributed by atoms with Crippen LogP contribution >= 0.6 is 0 Å². The second kappa shape index (κ2) is 2.41. The van der Waals surface area contributed by atoms with Gasteiger partial charge in [-0.15, -0.1) is 0 Å². The molecule has 0 spiro atoms. The second-order valence-electron chi connectivity index (χ2n) is 1.80. The smallest absolute Gasteiger partial charge is 0.344 e. The molecule has 0 aliphatic rings. The van der Waals surface area contributed by atoms with Gasteiger partial charge in [0.05, 0.1) is 6.20 Å². The van der Waals surface area contributed by atoms with Gasteiger partial charge in [0.25, 0.3) is 0 Å². The molecule has 0 saturated carbocycles. The minimum Gasteiger partial charge on any atom is -0.477 e. The molecular formula is C5H4N2O4. The highest BCUT2D eigenvalue weighted by molar-refractivity contribution is 5.91. The van der Waals surface area contributed by atoms with E-state index in [1.807, 2.05) is 0 Å². The summed E-state index contributed by atoms with van der Waals surface area (Å²) in [4.78, 5) is 21.8. The predicted octanol–water partition coefficient (Wildman–Crippen LogP) is 0.621. The van der Waals surface area contributed by atoms with Crippen LogP contribution in [-0.4, -0.2) is 21.0 Å². The number of carboxylic acids is 1. The summed E-state index contributed by atoms with van der Waals surface area (Å²) in [5, 5.41) is 18.5. The molecular weight excluding hydrogens is 152 g/mol. The minimum absolute atomic E-state index is 0.324. The largest absolute Gasteiger partial charge is 0.477 e. The molecule has 11 heavy (non-hydrogen) atoms. The number of hydrogen-bond donors (Lipinski definition) is 2. The molecule has 0 unspecified atom stereocenters. The number of carboxylic acid groups (broad SMARTS) is 1. The Morgan fingerprint density at radius 2 is 2.36 bits per heavy atom. The van der Waals surface area contributed by atoms with Crippen LogP contribution in [-0.2, 0) is 0 Å². The van der Waals surface area contributed by atoms with E-state index < -0.39 is 16.7 Å². The highest BCUT2D eigenvalue weighted by atomic mass is 16.6. The van der Waals surface area contributed by atoms with Crippen molar-refractivity contribution in [1.29, 1.82) is 0 Å². The average molecular weight is 156 g/mol. The molecule has 1 aromatic rings. The number of nitrogens with zero attached hydrogens (tertiary/aromatic N) is 1. The van der Waals surface area contributed by atoms with Crippen LogP contribution in [0.4, 0.5) is 5.82 Å². The SMILES string of the molecule is O=C(O)c1cc[nH]c1[N+](=O)[O-]. The van der Waals surface area contributed by atoms with Crippen molar-refractivity contribution >= 4 is 11.8 Å². The van der Waals surface area contributed by atoms with Crippen LogP contribution in [0.1, 0.15) is 10.4 Å². The van der Waals surface area contributed by atoms with Crippen molar-refractivity contribution in [3.8, 4) is 0 Å². The number of aromatic carboxylic acids is 1. The summed E-state index contributed by atoms with van der Waals surface area (Å²) >= 11 is 0. The van der Waals surface area contributed by atoms with Crippen molar-refractivity contribution in [3.63, 3.8) is 0 Å². The van der Waals surface area contributed by atoms with Crippen molar-refractivity contribution in [2.24, 2.45) is 0 Å². The summed E-state index contributed by atoms with van der Waals surface area (Å²) in [5.41, 5.74) is -0.324. The summed E-state index contributed by atoms with van der Waals surface area (Å²) in [5.74, 6) is -1.80. The van der Waals surface area contributed by atoms with Gasteiger partial charge in [0.1, 0.15) is 0 Å². The third-order valence-corrected chi connectivity index (χ3v) is 1.14. The van der Waals surface area contributed by atoms with E-state index in [4.69, 9.17) is 5.11 Å². The quantitative estimate of drug-likeness (QED) is 0.484. The molecule has 1 heterocycles. The number of nitrogens with one attached hydrogen (secondary N) is 1. The second-order valence-corrected chi connectivity index (χ2v) is 1.80. The number of nitro groups is 1. The molecule has 2 N–H and O–H groups in total. The van der Waals surface area contributed by atoms with E-state index in [1.54, 1.807) is 0 Å². The first-order valence-electron chi connectivity index (χ1n) is 2.68. The van der Waals surface area contributed by atoms with Crippen molar-refractivity contribution in [2.45, 2.75) is 0 Å². The normalized spacial score (nSPS) is 9.45. The van der Waals surface area contributed by atoms with Gasteiger partial charge in [-0.2, -0.15) is 0 Å². The average Bonchev–Trinajstić information content (AvgIpc) is 2.32. The monoisotopic (exact) mass is 156 g/mol. The van der Waals surface area contributed by atoms with E-state index in [1.165, 1.54) is 6.20 Å². The van der Waals surface area contributed by atoms with E-state index in [-0.39, 0.29) is 5.56 Å². The van der Waals surface area contributed by atoms with Crippen molar-refractivity contribution in [2.75, 3.05) is 0 Å². The van der Waals surface area contributed by atoms with Gasteiger partial charge in [0, 0.05) is 6.07 Å². The maximum atomic E-state index is 10.3. The lowest BCUT2D eigenvalue weighted by Crippen LogP contribution is -1.99. The van der Waals surface area contributed by atoms with Gasteiger partial charge in [-0.1, -0.05) is 0 Å². The molecule has 6 heteroatoms. The van der Waals surface area contributed by atoms with E-state index in [9.17, 15) is 14.9 Å². The molecule has 1 rings (SSSR count). The summed E-state index contributed by atoms with van der Waals surface area (Å²) in [6, 6.07) is 1.14. The standard InChI is InChI=1S/C5H4N2O4/c8-5(9)3-1-2-6-4(3)7(10)11/h1-2,6H,(H,8,9). The Bertz CT molecular complexity index is 275. The van der Waals surface area contributed by atoms with Crippen molar-refractivity contribution in [1.82, 2.24) is 4.98 Å². The number of hydrogen-bond acceptors (Lipinski definition) is 3. The predicted molar refractivity (Wildman–Crippen MR) is 34.4 cm³/mol. The zero-order valence-corrected chi connectivity index (χ0v) is 5.27. The van der Waals surface area contributed by atoms with Crippen LogP contribution in [0.2, 0.25) is 0 Å². The van der Waals surface area contributed by atoms with E-state index in [2.05, 4.69) is 4.98 Å². The van der Waals surface area contributed by atoms with Gasteiger partial charge >= 0.3 is 11.8 Å². The Labute approximate surface area is 60.6 Å². The first-order chi connectivity index (χ1) is 5.13. The first-order valence-corrected chi connectivity index (χ1v) is 2.68. The van der Waals surface area contributed by atoms with Crippen molar-refractivity contribution < 1.29 is 14.8 Å². The molecule has 58 valence electrons. The summed E-state index contributed by atoms with van der Waals surface area (Å²) in [6.07, 6.45) is 1.21. The maximum absolute atomic E-state index is 10.3. The van der Waals surface area contributed by atoms with Gasteiger partial charge in [-0.3, -0.25) is 0 Å². The zero-order valence-electron chi connectivity index (χ0n) is 5.27. The summed E-state index contributed by atoms with van der Waals surface area (Å²) in [7, 11) is 0. The lowest BCUT2D eigenvalue weighted by Gasteiger charge is -1.90. The molecule has 0 radical (unpaired) electrons. The third kappa shape index (κ3) is 1.18. The van der Waals surface area contributed by atoms with E-state index in [0.29, 0.717) is 0 Å². The molecule has 6 nitrogen and oxygen atoms in total. The Morgan fingerprint density at radius 1 is 1.73 bits per heavy atom. The minimum atomic E-state index is -1.31. The maximum Gasteiger partial charge on any atom is 0.344 e. The van der Waals surface area contributed by atoms with Crippen LogP contribution in [0, 0.1) is 10.1 Å². The summed E-state index contributed by atoms with van der Waals surface area (Å²) < 4.78 is 0. The molecule has 0 saturated heterocycles. The van der Waals surface area contributed by atoms with E-state index in [0.717, 1.165) is 6.07 Å². The third-order valence-electron chi connectivity index (χ3n) is 1.14. The molecule has 0 aromatic carbocycles. The Balaban J connectivity index is 3.16. The van der Waals surface area contributed by atoms with Crippen LogP contribution in [0.3, 0.4) is 0 Å². The van der Waals surface area contributed by atoms with Gasteiger partial charge in [0.2, 0.25) is 0 Å². The molecule has 1 aromatic heterocycles. The number of aromatic nitrogens is 1. The topological polar surface area (TPSA) is 96.2 Å². The Kier molecular flexibility index (Phi) is 1.59. The molecule has 0 atom stereocenters. The van der Waals surface area contributed by atoms with Crippen LogP contribution in [0.5, 0.6) is 0 Å². The van der Waals surface area contributed by atoms with Crippen LogP contribution in [0.25, 0.3) is 0 Å². The lowest BCUT2D eigenvalue weighted by molar-refractivity contribution is -0.389. The van der Waals surface area contributed by atoms with Crippen molar-refractivity contribution in [3.05, 3.63) is 27.9 Å². The Hall–Kier alpha value is -1.85. The van der Waals surface area contributed by atoms with Crippen LogP contribution in [0.15, 0.2) is 12.3 Å². The van der Waals surface area contributed by atoms with E-state index >= 15 is 0 Å². The van der Waals surface area contributed by atoms with Gasteiger partial charge < -0.3 is 15.2 Å². The van der Waals surface area contributed by atoms with Gasteiger partial charge in [0.15, 0.2) is 5.56 Å². The van der Waals surface area contributed by atoms with Gasteiger partial charge in [-0.25, -0.2) is 9.78 Å². The fourth-order valence-corrected chi connectivity index (χ4v) is 0.684. The van der Waals surface area contributed by atoms with Crippen LogP contribution < -0.4 is 0 Å². The molecule has 0 aliphatic carbocycles. The fraction of sp³-hybridized carbons (Fsp3) is 0. The highest BCUT2D eigenvalue weighted by Gasteiger charge is 2.18. The highest BCUT2D eigenvalue weighted by Crippen LogP contribution is 2.14. The first kappa shape index (κ1) is 7.26. The molecule has 0 bridgehead atoms. The molecule has 0 fully saturated rings. The molecule has 0 aliphatic heterocycles. The zero-order chi connectivity index (χ0) is 8.43. The lowest BCUT2D eigenvalue weighted by atomic mass is 10.3. The summed E-state index contributed by atoms with van der Waals surface area (Å²) in [6.45, 7) is 0. The number of carbonyl (C=O) groups is 1. The fourth-order valence-electron chi connectivity index (χ4n) is 0.684. The van der Waals surface area contributed by atoms with Gasteiger partial charge in [-0.05, 0) is 4.92 Å². The number of rotatable bonds is 2.